The first-order chi connectivity index (χ1) is 8.89. The SMILES string of the molecule is CCc1ccccc1C(=O)N(CCCl)CC(F)(F)F. The maximum absolute atomic E-state index is 12.5. The Hall–Kier alpha value is -1.23. The van der Waals surface area contributed by atoms with Crippen LogP contribution in [0.15, 0.2) is 24.3 Å². The van der Waals surface area contributed by atoms with E-state index < -0.39 is 18.6 Å². The summed E-state index contributed by atoms with van der Waals surface area (Å²) in [6.45, 7) is 0.441. The number of rotatable bonds is 5. The molecule has 0 radical (unpaired) electrons. The predicted octanol–water partition coefficient (Wildman–Crippen LogP) is 3.49. The molecule has 0 aliphatic carbocycles. The van der Waals surface area contributed by atoms with Crippen LogP contribution in [0.25, 0.3) is 0 Å². The molecule has 0 saturated heterocycles. The van der Waals surface area contributed by atoms with Gasteiger partial charge >= 0.3 is 6.18 Å². The van der Waals surface area contributed by atoms with Crippen molar-refractivity contribution in [1.82, 2.24) is 4.90 Å². The van der Waals surface area contributed by atoms with Crippen LogP contribution in [-0.2, 0) is 6.42 Å². The molecule has 1 aromatic carbocycles. The summed E-state index contributed by atoms with van der Waals surface area (Å²) in [6, 6.07) is 6.67. The second kappa shape index (κ2) is 6.80. The van der Waals surface area contributed by atoms with Gasteiger partial charge in [-0.05, 0) is 18.1 Å². The minimum absolute atomic E-state index is 0.0316. The van der Waals surface area contributed by atoms with Crippen molar-refractivity contribution in [2.45, 2.75) is 19.5 Å². The quantitative estimate of drug-likeness (QED) is 0.761. The number of benzene rings is 1. The zero-order valence-electron chi connectivity index (χ0n) is 10.5. The van der Waals surface area contributed by atoms with Gasteiger partial charge < -0.3 is 4.90 Å². The van der Waals surface area contributed by atoms with E-state index in [2.05, 4.69) is 0 Å². The van der Waals surface area contributed by atoms with E-state index >= 15 is 0 Å². The third-order valence-corrected chi connectivity index (χ3v) is 2.81. The molecule has 6 heteroatoms. The third-order valence-electron chi connectivity index (χ3n) is 2.64. The van der Waals surface area contributed by atoms with E-state index in [1.54, 1.807) is 24.3 Å². The van der Waals surface area contributed by atoms with Gasteiger partial charge in [0, 0.05) is 18.0 Å². The van der Waals surface area contributed by atoms with Crippen molar-refractivity contribution >= 4 is 17.5 Å². The maximum Gasteiger partial charge on any atom is 0.406 e. The first kappa shape index (κ1) is 15.8. The van der Waals surface area contributed by atoms with Crippen LogP contribution in [0.3, 0.4) is 0 Å². The van der Waals surface area contributed by atoms with E-state index in [1.165, 1.54) is 0 Å². The number of hydrogen-bond acceptors (Lipinski definition) is 1. The predicted molar refractivity (Wildman–Crippen MR) is 68.5 cm³/mol. The smallest absolute Gasteiger partial charge is 0.328 e. The van der Waals surface area contributed by atoms with Gasteiger partial charge in [0.2, 0.25) is 0 Å². The molecule has 0 aliphatic rings. The summed E-state index contributed by atoms with van der Waals surface area (Å²) < 4.78 is 37.4. The molecule has 1 rings (SSSR count). The van der Waals surface area contributed by atoms with Gasteiger partial charge in [0.1, 0.15) is 6.54 Å². The van der Waals surface area contributed by atoms with Crippen LogP contribution in [-0.4, -0.2) is 36.0 Å². The molecule has 0 N–H and O–H groups in total. The Balaban J connectivity index is 2.99. The Kier molecular flexibility index (Phi) is 5.66. The van der Waals surface area contributed by atoms with E-state index in [4.69, 9.17) is 11.6 Å². The van der Waals surface area contributed by atoms with Crippen molar-refractivity contribution in [2.75, 3.05) is 19.0 Å². The standard InChI is InChI=1S/C13H15ClF3NO/c1-2-10-5-3-4-6-11(10)12(19)18(8-7-14)9-13(15,16)17/h3-6H,2,7-9H2,1H3. The molecule has 0 aromatic heterocycles. The minimum atomic E-state index is -4.43. The Morgan fingerprint density at radius 3 is 2.47 bits per heavy atom. The van der Waals surface area contributed by atoms with Gasteiger partial charge in [0.25, 0.3) is 5.91 Å². The largest absolute Gasteiger partial charge is 0.406 e. The summed E-state index contributed by atoms with van der Waals surface area (Å²) in [5, 5.41) is 0. The van der Waals surface area contributed by atoms with Crippen molar-refractivity contribution in [1.29, 1.82) is 0 Å². The van der Waals surface area contributed by atoms with Crippen molar-refractivity contribution in [3.05, 3.63) is 35.4 Å². The van der Waals surface area contributed by atoms with Gasteiger partial charge in [-0.15, -0.1) is 11.6 Å². The van der Waals surface area contributed by atoms with Crippen LogP contribution < -0.4 is 0 Å². The highest BCUT2D eigenvalue weighted by Crippen LogP contribution is 2.19. The molecular formula is C13H15ClF3NO. The van der Waals surface area contributed by atoms with Crippen molar-refractivity contribution in [3.8, 4) is 0 Å². The molecule has 0 fully saturated rings. The molecule has 106 valence electrons. The second-order valence-electron chi connectivity index (χ2n) is 4.04. The highest BCUT2D eigenvalue weighted by molar-refractivity contribution is 6.18. The Bertz CT molecular complexity index is 434. The Morgan fingerprint density at radius 2 is 1.95 bits per heavy atom. The van der Waals surface area contributed by atoms with Gasteiger partial charge in [-0.3, -0.25) is 4.79 Å². The minimum Gasteiger partial charge on any atom is -0.328 e. The molecule has 0 heterocycles. The summed E-state index contributed by atoms with van der Waals surface area (Å²) in [5.74, 6) is -0.661. The van der Waals surface area contributed by atoms with Crippen LogP contribution in [0.2, 0.25) is 0 Å². The fraction of sp³-hybridized carbons (Fsp3) is 0.462. The fourth-order valence-electron chi connectivity index (χ4n) is 1.78. The lowest BCUT2D eigenvalue weighted by atomic mass is 10.0. The van der Waals surface area contributed by atoms with Crippen LogP contribution in [0, 0.1) is 0 Å². The van der Waals surface area contributed by atoms with Gasteiger partial charge in [-0.1, -0.05) is 25.1 Å². The number of carbonyl (C=O) groups is 1. The van der Waals surface area contributed by atoms with Gasteiger partial charge in [0.05, 0.1) is 0 Å². The summed E-state index contributed by atoms with van der Waals surface area (Å²) in [5.41, 5.74) is 1.04. The highest BCUT2D eigenvalue weighted by Gasteiger charge is 2.33. The second-order valence-corrected chi connectivity index (χ2v) is 4.42. The van der Waals surface area contributed by atoms with E-state index in [0.717, 1.165) is 10.5 Å². The molecule has 0 spiro atoms. The molecule has 1 amide bonds. The number of nitrogens with zero attached hydrogens (tertiary/aromatic N) is 1. The lowest BCUT2D eigenvalue weighted by Gasteiger charge is -2.24. The highest BCUT2D eigenvalue weighted by atomic mass is 35.5. The Morgan fingerprint density at radius 1 is 1.32 bits per heavy atom. The maximum atomic E-state index is 12.5. The number of hydrogen-bond donors (Lipinski definition) is 0. The summed E-state index contributed by atoms with van der Waals surface area (Å²) in [6.07, 6.45) is -3.84. The average molecular weight is 294 g/mol. The summed E-state index contributed by atoms with van der Waals surface area (Å²) in [7, 11) is 0. The number of aryl methyl sites for hydroxylation is 1. The first-order valence-electron chi connectivity index (χ1n) is 5.89. The zero-order valence-corrected chi connectivity index (χ0v) is 11.3. The van der Waals surface area contributed by atoms with E-state index in [0.29, 0.717) is 12.0 Å². The first-order valence-corrected chi connectivity index (χ1v) is 6.42. The van der Waals surface area contributed by atoms with E-state index in [1.807, 2.05) is 6.92 Å². The molecule has 2 nitrogen and oxygen atoms in total. The molecule has 0 aliphatic heterocycles. The monoisotopic (exact) mass is 293 g/mol. The van der Waals surface area contributed by atoms with E-state index in [9.17, 15) is 18.0 Å². The molecular weight excluding hydrogens is 279 g/mol. The average Bonchev–Trinajstić information content (AvgIpc) is 2.36. The fourth-order valence-corrected chi connectivity index (χ4v) is 1.98. The molecule has 0 atom stereocenters. The normalized spacial score (nSPS) is 11.4. The molecule has 0 saturated carbocycles. The lowest BCUT2D eigenvalue weighted by molar-refractivity contribution is -0.140. The molecule has 0 unspecified atom stereocenters. The van der Waals surface area contributed by atoms with Crippen LogP contribution in [0.5, 0.6) is 0 Å². The van der Waals surface area contributed by atoms with Crippen molar-refractivity contribution in [3.63, 3.8) is 0 Å². The number of carbonyl (C=O) groups excluding carboxylic acids is 1. The van der Waals surface area contributed by atoms with Crippen molar-refractivity contribution < 1.29 is 18.0 Å². The van der Waals surface area contributed by atoms with Crippen LogP contribution in [0.4, 0.5) is 13.2 Å². The Labute approximate surface area is 115 Å². The lowest BCUT2D eigenvalue weighted by Crippen LogP contribution is -2.40. The molecule has 0 bridgehead atoms. The molecule has 1 aromatic rings. The van der Waals surface area contributed by atoms with Crippen molar-refractivity contribution in [2.24, 2.45) is 0 Å². The number of alkyl halides is 4. The van der Waals surface area contributed by atoms with Crippen LogP contribution in [0.1, 0.15) is 22.8 Å². The third kappa shape index (κ3) is 4.74. The summed E-state index contributed by atoms with van der Waals surface area (Å²) in [4.78, 5) is 12.9. The van der Waals surface area contributed by atoms with Gasteiger partial charge in [0.15, 0.2) is 0 Å². The van der Waals surface area contributed by atoms with Gasteiger partial charge in [-0.2, -0.15) is 13.2 Å². The zero-order chi connectivity index (χ0) is 14.5. The van der Waals surface area contributed by atoms with Gasteiger partial charge in [-0.25, -0.2) is 0 Å². The topological polar surface area (TPSA) is 20.3 Å². The number of amides is 1. The molecule has 19 heavy (non-hydrogen) atoms. The summed E-state index contributed by atoms with van der Waals surface area (Å²) >= 11 is 5.47. The number of halogens is 4. The van der Waals surface area contributed by atoms with E-state index in [-0.39, 0.29) is 12.4 Å². The van der Waals surface area contributed by atoms with Crippen LogP contribution >= 0.6 is 11.6 Å².